The Kier molecular flexibility index (Phi) is 3.57. The number of nitrogens with one attached hydrogen (secondary N) is 1. The maximum absolute atomic E-state index is 6.16. The lowest BCUT2D eigenvalue weighted by Crippen LogP contribution is -2.56. The number of ether oxygens (including phenoxy) is 2. The van der Waals surface area contributed by atoms with Crippen molar-refractivity contribution in [1.29, 1.82) is 0 Å². The minimum atomic E-state index is -0.158. The molecule has 1 spiro atoms. The summed E-state index contributed by atoms with van der Waals surface area (Å²) >= 11 is 0. The minimum Gasteiger partial charge on any atom is -0.378 e. The van der Waals surface area contributed by atoms with Crippen molar-refractivity contribution in [2.75, 3.05) is 37.4 Å². The minimum absolute atomic E-state index is 0.158. The van der Waals surface area contributed by atoms with E-state index >= 15 is 0 Å². The Morgan fingerprint density at radius 3 is 3.00 bits per heavy atom. The number of hydrogen-bond donors (Lipinski definition) is 2. The summed E-state index contributed by atoms with van der Waals surface area (Å²) in [5.41, 5.74) is 7.11. The molecule has 2 aromatic heterocycles. The van der Waals surface area contributed by atoms with Gasteiger partial charge in [0.15, 0.2) is 11.5 Å². The number of nitrogen functional groups attached to an aromatic ring is 1. The van der Waals surface area contributed by atoms with E-state index in [0.717, 1.165) is 56.7 Å². The van der Waals surface area contributed by atoms with Gasteiger partial charge in [0.2, 0.25) is 5.95 Å². The number of piperidine rings is 1. The Morgan fingerprint density at radius 2 is 2.22 bits per heavy atom. The standard InChI is InChI=1S/C15H22N6O2/c1-22-10-3-2-8-23-15(10)4-6-21(7-5-15)13-11-12(18-9-17-11)19-14(16)20-13/h9-10H,2-8H2,1H3,(H3,16,17,18,19,20). The van der Waals surface area contributed by atoms with Gasteiger partial charge in [-0.1, -0.05) is 0 Å². The van der Waals surface area contributed by atoms with Crippen molar-refractivity contribution < 1.29 is 9.47 Å². The maximum atomic E-state index is 6.16. The smallest absolute Gasteiger partial charge is 0.224 e. The van der Waals surface area contributed by atoms with Crippen LogP contribution in [0.25, 0.3) is 11.2 Å². The molecule has 1 atom stereocenters. The first kappa shape index (κ1) is 14.6. The quantitative estimate of drug-likeness (QED) is 0.854. The van der Waals surface area contributed by atoms with E-state index < -0.39 is 0 Å². The van der Waals surface area contributed by atoms with Crippen molar-refractivity contribution in [1.82, 2.24) is 19.9 Å². The summed E-state index contributed by atoms with van der Waals surface area (Å²) in [6.07, 6.45) is 5.79. The summed E-state index contributed by atoms with van der Waals surface area (Å²) in [7, 11) is 1.78. The van der Waals surface area contributed by atoms with Gasteiger partial charge >= 0.3 is 0 Å². The van der Waals surface area contributed by atoms with Gasteiger partial charge in [-0.2, -0.15) is 9.97 Å². The fourth-order valence-corrected chi connectivity index (χ4v) is 3.86. The van der Waals surface area contributed by atoms with Crippen molar-refractivity contribution in [3.63, 3.8) is 0 Å². The number of nitrogens with two attached hydrogens (primary N) is 1. The molecule has 0 aromatic carbocycles. The van der Waals surface area contributed by atoms with E-state index in [2.05, 4.69) is 24.8 Å². The first-order valence-corrected chi connectivity index (χ1v) is 8.10. The van der Waals surface area contributed by atoms with Gasteiger partial charge < -0.3 is 25.1 Å². The van der Waals surface area contributed by atoms with E-state index in [-0.39, 0.29) is 17.7 Å². The zero-order valence-corrected chi connectivity index (χ0v) is 13.3. The number of anilines is 2. The van der Waals surface area contributed by atoms with Crippen LogP contribution in [0, 0.1) is 0 Å². The predicted octanol–water partition coefficient (Wildman–Crippen LogP) is 1.10. The van der Waals surface area contributed by atoms with E-state index in [9.17, 15) is 0 Å². The topological polar surface area (TPSA) is 102 Å². The van der Waals surface area contributed by atoms with E-state index in [1.165, 1.54) is 0 Å². The molecular weight excluding hydrogens is 296 g/mol. The number of imidazole rings is 1. The molecule has 4 rings (SSSR count). The van der Waals surface area contributed by atoms with Crippen LogP contribution >= 0.6 is 0 Å². The van der Waals surface area contributed by atoms with E-state index in [4.69, 9.17) is 15.2 Å². The van der Waals surface area contributed by atoms with Gasteiger partial charge in [0, 0.05) is 26.8 Å². The van der Waals surface area contributed by atoms with Crippen LogP contribution in [0.3, 0.4) is 0 Å². The van der Waals surface area contributed by atoms with Crippen LogP contribution in [0.4, 0.5) is 11.8 Å². The molecule has 2 fully saturated rings. The van der Waals surface area contributed by atoms with Crippen LogP contribution in [-0.2, 0) is 9.47 Å². The van der Waals surface area contributed by atoms with Gasteiger partial charge in [-0.3, -0.25) is 0 Å². The number of aromatic amines is 1. The second-order valence-corrected chi connectivity index (χ2v) is 6.27. The summed E-state index contributed by atoms with van der Waals surface area (Å²) in [6, 6.07) is 0. The van der Waals surface area contributed by atoms with Crippen LogP contribution in [0.2, 0.25) is 0 Å². The van der Waals surface area contributed by atoms with Crippen LogP contribution in [0.1, 0.15) is 25.7 Å². The summed E-state index contributed by atoms with van der Waals surface area (Å²) in [5.74, 6) is 1.08. The highest BCUT2D eigenvalue weighted by Gasteiger charge is 2.45. The van der Waals surface area contributed by atoms with Crippen LogP contribution in [-0.4, -0.2) is 58.4 Å². The second kappa shape index (κ2) is 5.61. The zero-order valence-electron chi connectivity index (χ0n) is 13.3. The van der Waals surface area contributed by atoms with Gasteiger partial charge in [-0.15, -0.1) is 0 Å². The van der Waals surface area contributed by atoms with Crippen molar-refractivity contribution in [2.45, 2.75) is 37.4 Å². The third kappa shape index (κ3) is 2.42. The zero-order chi connectivity index (χ0) is 15.9. The molecule has 4 heterocycles. The van der Waals surface area contributed by atoms with E-state index in [1.54, 1.807) is 13.4 Å². The second-order valence-electron chi connectivity index (χ2n) is 6.27. The largest absolute Gasteiger partial charge is 0.378 e. The lowest BCUT2D eigenvalue weighted by molar-refractivity contribution is -0.175. The fraction of sp³-hybridized carbons (Fsp3) is 0.667. The molecule has 1 unspecified atom stereocenters. The summed E-state index contributed by atoms with van der Waals surface area (Å²) < 4.78 is 11.9. The molecular formula is C15H22N6O2. The van der Waals surface area contributed by atoms with Gasteiger partial charge in [0.1, 0.15) is 5.52 Å². The Balaban J connectivity index is 1.58. The first-order chi connectivity index (χ1) is 11.2. The molecule has 0 aliphatic carbocycles. The van der Waals surface area contributed by atoms with Gasteiger partial charge in [-0.05, 0) is 25.7 Å². The molecule has 3 N–H and O–H groups in total. The Bertz CT molecular complexity index is 694. The highest BCUT2D eigenvalue weighted by atomic mass is 16.5. The highest BCUT2D eigenvalue weighted by Crippen LogP contribution is 2.38. The van der Waals surface area contributed by atoms with Gasteiger partial charge in [0.25, 0.3) is 0 Å². The first-order valence-electron chi connectivity index (χ1n) is 8.10. The van der Waals surface area contributed by atoms with Crippen molar-refractivity contribution >= 4 is 22.9 Å². The molecule has 0 amide bonds. The molecule has 2 aliphatic rings. The summed E-state index contributed by atoms with van der Waals surface area (Å²) in [4.78, 5) is 18.1. The third-order valence-corrected chi connectivity index (χ3v) is 5.06. The molecule has 23 heavy (non-hydrogen) atoms. The van der Waals surface area contributed by atoms with Crippen LogP contribution in [0.5, 0.6) is 0 Å². The predicted molar refractivity (Wildman–Crippen MR) is 86.3 cm³/mol. The SMILES string of the molecule is COC1CCCOC12CCN(c1nc(N)nc3nc[nH]c13)CC2. The number of hydrogen-bond acceptors (Lipinski definition) is 7. The molecule has 2 aliphatic heterocycles. The number of aromatic nitrogens is 4. The third-order valence-electron chi connectivity index (χ3n) is 5.06. The summed E-state index contributed by atoms with van der Waals surface area (Å²) in [6.45, 7) is 2.53. The molecule has 8 heteroatoms. The Labute approximate surface area is 134 Å². The molecule has 0 saturated carbocycles. The average Bonchev–Trinajstić information content (AvgIpc) is 3.03. The van der Waals surface area contributed by atoms with Gasteiger partial charge in [-0.25, -0.2) is 4.98 Å². The highest BCUT2D eigenvalue weighted by molar-refractivity contribution is 5.84. The number of nitrogens with zero attached hydrogens (tertiary/aromatic N) is 4. The molecule has 0 radical (unpaired) electrons. The average molecular weight is 318 g/mol. The summed E-state index contributed by atoms with van der Waals surface area (Å²) in [5, 5.41) is 0. The molecule has 124 valence electrons. The Morgan fingerprint density at radius 1 is 1.39 bits per heavy atom. The lowest BCUT2D eigenvalue weighted by atomic mass is 9.82. The van der Waals surface area contributed by atoms with Crippen LogP contribution < -0.4 is 10.6 Å². The van der Waals surface area contributed by atoms with Crippen molar-refractivity contribution in [3.8, 4) is 0 Å². The van der Waals surface area contributed by atoms with Crippen molar-refractivity contribution in [2.24, 2.45) is 0 Å². The van der Waals surface area contributed by atoms with Crippen molar-refractivity contribution in [3.05, 3.63) is 6.33 Å². The number of H-pyrrole nitrogens is 1. The monoisotopic (exact) mass is 318 g/mol. The normalized spacial score (nSPS) is 24.4. The van der Waals surface area contributed by atoms with E-state index in [1.807, 2.05) is 0 Å². The lowest BCUT2D eigenvalue weighted by Gasteiger charge is -2.48. The molecule has 2 aromatic rings. The molecule has 0 bridgehead atoms. The molecule has 8 nitrogen and oxygen atoms in total. The number of methoxy groups -OCH3 is 1. The fourth-order valence-electron chi connectivity index (χ4n) is 3.86. The molecule has 2 saturated heterocycles. The van der Waals surface area contributed by atoms with Crippen LogP contribution in [0.15, 0.2) is 6.33 Å². The van der Waals surface area contributed by atoms with E-state index in [0.29, 0.717) is 5.65 Å². The Hall–Kier alpha value is -1.93. The maximum Gasteiger partial charge on any atom is 0.224 e. The van der Waals surface area contributed by atoms with Gasteiger partial charge in [0.05, 0.1) is 18.0 Å². The number of rotatable bonds is 2. The number of fused-ring (bicyclic) bond motifs is 1.